The van der Waals surface area contributed by atoms with Gasteiger partial charge >= 0.3 is 0 Å². The number of phenolic OH excluding ortho intramolecular Hbond substituents is 3. The first-order valence-electron chi connectivity index (χ1n) is 16.4. The molecule has 1 fully saturated rings. The lowest BCUT2D eigenvalue weighted by molar-refractivity contribution is -0.0987. The minimum atomic E-state index is -0.217. The number of benzene rings is 3. The van der Waals surface area contributed by atoms with E-state index in [0.717, 1.165) is 48.4 Å². The van der Waals surface area contributed by atoms with Crippen molar-refractivity contribution >= 4 is 25.0 Å². The average Bonchev–Trinajstić information content (AvgIpc) is 3.54. The number of hydrogen-bond donors (Lipinski definition) is 7. The molecular weight excluding hydrogens is 608 g/mol. The van der Waals surface area contributed by atoms with E-state index in [0.29, 0.717) is 5.75 Å². The smallest absolute Gasteiger partial charge is 0.125 e. The van der Waals surface area contributed by atoms with Crippen molar-refractivity contribution in [3.63, 3.8) is 0 Å². The van der Waals surface area contributed by atoms with Crippen LogP contribution in [0, 0.1) is 13.8 Å². The fourth-order valence-electron chi connectivity index (χ4n) is 4.91. The zero-order valence-electron chi connectivity index (χ0n) is 30.8. The van der Waals surface area contributed by atoms with Crippen molar-refractivity contribution in [1.82, 2.24) is 16.2 Å². The van der Waals surface area contributed by atoms with Crippen LogP contribution >= 0.6 is 0 Å². The van der Waals surface area contributed by atoms with Crippen molar-refractivity contribution in [3.8, 4) is 17.2 Å². The summed E-state index contributed by atoms with van der Waals surface area (Å²) in [5.74, 6) is 0.762. The predicted molar refractivity (Wildman–Crippen MR) is 201 cm³/mol. The highest BCUT2D eigenvalue weighted by molar-refractivity contribution is 5.56. The van der Waals surface area contributed by atoms with Gasteiger partial charge in [0.25, 0.3) is 0 Å². The van der Waals surface area contributed by atoms with Crippen LogP contribution in [-0.4, -0.2) is 68.8 Å². The molecule has 0 aromatic heterocycles. The van der Waals surface area contributed by atoms with Crippen molar-refractivity contribution in [2.24, 2.45) is 5.73 Å². The molecule has 0 saturated carbocycles. The number of hydrazine groups is 1. The van der Waals surface area contributed by atoms with Crippen LogP contribution < -0.4 is 31.7 Å². The Bertz CT molecular complexity index is 1270. The summed E-state index contributed by atoms with van der Waals surface area (Å²) in [5, 5.41) is 33.2. The van der Waals surface area contributed by atoms with E-state index in [1.165, 1.54) is 24.4 Å². The zero-order valence-corrected chi connectivity index (χ0v) is 30.8. The van der Waals surface area contributed by atoms with E-state index in [2.05, 4.69) is 76.7 Å². The fourth-order valence-corrected chi connectivity index (χ4v) is 4.91. The summed E-state index contributed by atoms with van der Waals surface area (Å²) in [6, 6.07) is 17.5. The van der Waals surface area contributed by atoms with E-state index in [9.17, 15) is 15.3 Å². The number of carbonyl (C=O) groups is 2. The van der Waals surface area contributed by atoms with Gasteiger partial charge < -0.3 is 45.8 Å². The summed E-state index contributed by atoms with van der Waals surface area (Å²) in [6.45, 7) is 23.2. The summed E-state index contributed by atoms with van der Waals surface area (Å²) < 4.78 is 0. The number of carbonyl (C=O) groups excluding carboxylic acids is 2. The number of nitrogens with two attached hydrogens (primary N) is 1. The van der Waals surface area contributed by atoms with Crippen LogP contribution in [0.25, 0.3) is 0 Å². The average molecular weight is 671 g/mol. The highest BCUT2D eigenvalue weighted by Crippen LogP contribution is 2.39. The van der Waals surface area contributed by atoms with Gasteiger partial charge in [0.05, 0.1) is 6.17 Å². The molecule has 48 heavy (non-hydrogen) atoms. The van der Waals surface area contributed by atoms with Gasteiger partial charge in [0.15, 0.2) is 0 Å². The van der Waals surface area contributed by atoms with Crippen molar-refractivity contribution in [2.45, 2.75) is 80.1 Å². The molecule has 0 amide bonds. The molecular formula is C37H62N6O5. The molecule has 1 aliphatic rings. The Balaban J connectivity index is 0. The van der Waals surface area contributed by atoms with Crippen molar-refractivity contribution in [1.29, 1.82) is 0 Å². The number of likely N-dealkylation sites (N-methyl/N-ethyl adjacent to an activating group) is 2. The molecule has 1 heterocycles. The Hall–Kier alpha value is -4.16. The lowest BCUT2D eigenvalue weighted by Crippen LogP contribution is -2.36. The molecule has 3 aromatic rings. The van der Waals surface area contributed by atoms with Gasteiger partial charge in [0, 0.05) is 42.6 Å². The molecule has 0 bridgehead atoms. The highest BCUT2D eigenvalue weighted by Gasteiger charge is 2.35. The van der Waals surface area contributed by atoms with Gasteiger partial charge in [-0.15, -0.1) is 0 Å². The summed E-state index contributed by atoms with van der Waals surface area (Å²) in [5.41, 5.74) is 17.1. The molecule has 8 N–H and O–H groups in total. The summed E-state index contributed by atoms with van der Waals surface area (Å²) in [6.07, 6.45) is 0.807. The molecule has 270 valence electrons. The van der Waals surface area contributed by atoms with Crippen LogP contribution in [0.4, 0.5) is 11.4 Å². The number of anilines is 2. The van der Waals surface area contributed by atoms with Crippen molar-refractivity contribution < 1.29 is 24.9 Å². The van der Waals surface area contributed by atoms with E-state index in [1.54, 1.807) is 6.07 Å². The second-order valence-electron chi connectivity index (χ2n) is 10.6. The first-order valence-corrected chi connectivity index (χ1v) is 16.4. The standard InChI is InChI=1S/C20H27N3O2.C12H20N2O.C2H6.CH5N.2CH2O/c1-5-19-21-22-20(23(19)14-8-6-13(4)7-9-14)16-10-15(12(2)3)17(24)11-18(16)25;1-4-14(8-7-13-3)11-5-6-12(15)10(2)9-11;4*1-2/h6-12,19-22,24-25H,5H2,1-4H3;5-6,9,13,15H,4,7-8H2,1-3H3;1-2H3;2H2,1H3;2*1H2. The normalized spacial score (nSPS) is 14.3. The highest BCUT2D eigenvalue weighted by atomic mass is 16.3. The maximum atomic E-state index is 10.5. The lowest BCUT2D eigenvalue weighted by Gasteiger charge is -2.31. The number of rotatable bonds is 9. The summed E-state index contributed by atoms with van der Waals surface area (Å²) in [4.78, 5) is 20.5. The summed E-state index contributed by atoms with van der Waals surface area (Å²) in [7, 11) is 3.45. The minimum absolute atomic E-state index is 0.0927. The molecule has 3 aromatic carbocycles. The van der Waals surface area contributed by atoms with E-state index < -0.39 is 0 Å². The molecule has 11 nitrogen and oxygen atoms in total. The topological polar surface area (TPSA) is 163 Å². The second-order valence-corrected chi connectivity index (χ2v) is 10.6. The number of nitrogens with one attached hydrogen (secondary N) is 3. The predicted octanol–water partition coefficient (Wildman–Crippen LogP) is 5.86. The SMILES string of the molecule is C=O.C=O.CC.CCC1NNC(c2cc(C(C)C)c(O)cc2O)N1c1ccc(C)cc1.CCN(CCNC)c1ccc(O)c(C)c1.CN. The van der Waals surface area contributed by atoms with Crippen LogP contribution in [0.5, 0.6) is 17.2 Å². The van der Waals surface area contributed by atoms with Crippen LogP contribution in [0.1, 0.15) is 82.3 Å². The third-order valence-electron chi connectivity index (χ3n) is 7.37. The maximum Gasteiger partial charge on any atom is 0.125 e. The zero-order chi connectivity index (χ0) is 37.4. The molecule has 4 rings (SSSR count). The van der Waals surface area contributed by atoms with Crippen LogP contribution in [0.15, 0.2) is 54.6 Å². The Kier molecular flexibility index (Phi) is 24.8. The monoisotopic (exact) mass is 670 g/mol. The number of aryl methyl sites for hydroxylation is 2. The van der Waals surface area contributed by atoms with E-state index in [1.807, 2.05) is 73.4 Å². The van der Waals surface area contributed by atoms with E-state index in [-0.39, 0.29) is 29.7 Å². The van der Waals surface area contributed by atoms with Crippen LogP contribution in [0.3, 0.4) is 0 Å². The Labute approximate surface area is 289 Å². The van der Waals surface area contributed by atoms with Crippen LogP contribution in [-0.2, 0) is 9.59 Å². The number of phenols is 3. The lowest BCUT2D eigenvalue weighted by atomic mass is 9.97. The first-order chi connectivity index (χ1) is 23.1. The third-order valence-corrected chi connectivity index (χ3v) is 7.37. The molecule has 0 aliphatic carbocycles. The Morgan fingerprint density at radius 1 is 0.875 bits per heavy atom. The quantitative estimate of drug-likeness (QED) is 0.146. The molecule has 1 saturated heterocycles. The number of aromatic hydroxyl groups is 3. The Morgan fingerprint density at radius 2 is 1.46 bits per heavy atom. The largest absolute Gasteiger partial charge is 0.508 e. The van der Waals surface area contributed by atoms with Gasteiger partial charge in [-0.3, -0.25) is 0 Å². The molecule has 0 radical (unpaired) electrons. The Morgan fingerprint density at radius 3 is 1.94 bits per heavy atom. The van der Waals surface area contributed by atoms with Gasteiger partial charge in [0.2, 0.25) is 0 Å². The van der Waals surface area contributed by atoms with Crippen molar-refractivity contribution in [3.05, 3.63) is 76.9 Å². The fraction of sp³-hybridized carbons (Fsp3) is 0.459. The first kappa shape index (κ1) is 46.0. The molecule has 2 atom stereocenters. The van der Waals surface area contributed by atoms with E-state index in [4.69, 9.17) is 9.59 Å². The van der Waals surface area contributed by atoms with Gasteiger partial charge in [-0.1, -0.05) is 52.3 Å². The molecule has 2 unspecified atom stereocenters. The van der Waals surface area contributed by atoms with Gasteiger partial charge in [-0.05, 0) is 94.7 Å². The molecule has 11 heteroatoms. The molecule has 0 spiro atoms. The maximum absolute atomic E-state index is 10.5. The second kappa shape index (κ2) is 25.9. The van der Waals surface area contributed by atoms with Gasteiger partial charge in [-0.25, -0.2) is 10.9 Å². The number of hydrogen-bond acceptors (Lipinski definition) is 11. The van der Waals surface area contributed by atoms with Gasteiger partial charge in [-0.2, -0.15) is 0 Å². The molecule has 1 aliphatic heterocycles. The third kappa shape index (κ3) is 13.5. The van der Waals surface area contributed by atoms with E-state index >= 15 is 0 Å². The minimum Gasteiger partial charge on any atom is -0.508 e. The number of nitrogens with zero attached hydrogens (tertiary/aromatic N) is 2. The van der Waals surface area contributed by atoms with Gasteiger partial charge in [0.1, 0.15) is 37.0 Å². The van der Waals surface area contributed by atoms with Crippen LogP contribution in [0.2, 0.25) is 0 Å². The summed E-state index contributed by atoms with van der Waals surface area (Å²) >= 11 is 0. The van der Waals surface area contributed by atoms with Crippen molar-refractivity contribution in [2.75, 3.05) is 43.5 Å².